The van der Waals surface area contributed by atoms with Crippen molar-refractivity contribution >= 4 is 33.6 Å². The average molecular weight is 408 g/mol. The van der Waals surface area contributed by atoms with Crippen molar-refractivity contribution in [2.75, 3.05) is 10.0 Å². The minimum atomic E-state index is -3.84. The fourth-order valence-corrected chi connectivity index (χ4v) is 3.53. The number of benzene rings is 2. The van der Waals surface area contributed by atoms with E-state index in [1.165, 1.54) is 30.3 Å². The Kier molecular flexibility index (Phi) is 6.04. The lowest BCUT2D eigenvalue weighted by Crippen LogP contribution is -2.16. The molecule has 0 unspecified atom stereocenters. The zero-order chi connectivity index (χ0) is 20.9. The van der Waals surface area contributed by atoms with Crippen LogP contribution in [-0.4, -0.2) is 24.3 Å². The first kappa shape index (κ1) is 20.2. The number of sulfonamides is 1. The van der Waals surface area contributed by atoms with Crippen LogP contribution in [0.3, 0.4) is 0 Å². The van der Waals surface area contributed by atoms with Crippen molar-refractivity contribution in [3.8, 4) is 0 Å². The fourth-order valence-electron chi connectivity index (χ4n) is 2.59. The molecule has 0 saturated carbocycles. The summed E-state index contributed by atoms with van der Waals surface area (Å²) in [4.78, 5) is 20.2. The van der Waals surface area contributed by atoms with Gasteiger partial charge >= 0.3 is 0 Å². The normalized spacial score (nSPS) is 11.4. The van der Waals surface area contributed by atoms with Crippen LogP contribution < -0.4 is 10.0 Å². The molecule has 0 bridgehead atoms. The van der Waals surface area contributed by atoms with Gasteiger partial charge in [-0.15, -0.1) is 0 Å². The van der Waals surface area contributed by atoms with Crippen LogP contribution in [0.2, 0.25) is 0 Å². The largest absolute Gasteiger partial charge is 0.323 e. The molecule has 1 aromatic heterocycles. The molecule has 0 fully saturated rings. The van der Waals surface area contributed by atoms with Gasteiger partial charge in [0.1, 0.15) is 0 Å². The maximum absolute atomic E-state index is 12.5. The second-order valence-electron chi connectivity index (χ2n) is 6.34. The first-order valence-electron chi connectivity index (χ1n) is 8.81. The minimum absolute atomic E-state index is 0.0194. The van der Waals surface area contributed by atoms with E-state index in [2.05, 4.69) is 20.0 Å². The zero-order valence-corrected chi connectivity index (χ0v) is 16.8. The van der Waals surface area contributed by atoms with E-state index in [1.807, 2.05) is 30.3 Å². The lowest BCUT2D eigenvalue weighted by atomic mass is 10.2. The molecular weight excluding hydrogens is 388 g/mol. The summed E-state index contributed by atoms with van der Waals surface area (Å²) >= 11 is 0. The highest BCUT2D eigenvalue weighted by Crippen LogP contribution is 2.17. The summed E-state index contributed by atoms with van der Waals surface area (Å²) in [7, 11) is -3.84. The van der Waals surface area contributed by atoms with Crippen molar-refractivity contribution in [2.24, 2.45) is 0 Å². The molecule has 0 atom stereocenters. The van der Waals surface area contributed by atoms with Gasteiger partial charge in [-0.3, -0.25) is 4.79 Å². The smallest absolute Gasteiger partial charge is 0.264 e. The summed E-state index contributed by atoms with van der Waals surface area (Å²) in [6.07, 6.45) is 3.11. The lowest BCUT2D eigenvalue weighted by molar-refractivity contribution is -0.111. The Hall–Kier alpha value is -3.52. The van der Waals surface area contributed by atoms with Crippen LogP contribution in [0.1, 0.15) is 17.0 Å². The first-order valence-corrected chi connectivity index (χ1v) is 10.3. The number of carbonyl (C=O) groups excluding carboxylic acids is 1. The molecule has 1 amide bonds. The maximum Gasteiger partial charge on any atom is 0.264 e. The molecule has 0 aliphatic rings. The summed E-state index contributed by atoms with van der Waals surface area (Å²) in [5.74, 6) is -0.294. The number of hydrogen-bond acceptors (Lipinski definition) is 5. The molecule has 0 radical (unpaired) electrons. The van der Waals surface area contributed by atoms with Gasteiger partial charge in [0.15, 0.2) is 0 Å². The number of aryl methyl sites for hydroxylation is 2. The van der Waals surface area contributed by atoms with E-state index in [0.29, 0.717) is 17.1 Å². The van der Waals surface area contributed by atoms with Gasteiger partial charge in [0.25, 0.3) is 10.0 Å². The third-order valence-corrected chi connectivity index (χ3v) is 5.21. The van der Waals surface area contributed by atoms with E-state index in [1.54, 1.807) is 26.0 Å². The molecule has 0 saturated heterocycles. The van der Waals surface area contributed by atoms with Gasteiger partial charge in [-0.2, -0.15) is 0 Å². The topological polar surface area (TPSA) is 101 Å². The molecule has 29 heavy (non-hydrogen) atoms. The summed E-state index contributed by atoms with van der Waals surface area (Å²) in [5, 5.41) is 2.69. The van der Waals surface area contributed by atoms with Crippen LogP contribution in [-0.2, 0) is 14.8 Å². The number of aromatic nitrogens is 2. The number of anilines is 2. The fraction of sp³-hybridized carbons (Fsp3) is 0.0952. The molecule has 0 aliphatic heterocycles. The van der Waals surface area contributed by atoms with Crippen molar-refractivity contribution < 1.29 is 13.2 Å². The number of nitrogens with one attached hydrogen (secondary N) is 2. The molecule has 2 N–H and O–H groups in total. The molecule has 1 heterocycles. The Morgan fingerprint density at radius 3 is 2.17 bits per heavy atom. The molecule has 148 valence electrons. The number of rotatable bonds is 6. The van der Waals surface area contributed by atoms with Crippen molar-refractivity contribution in [1.29, 1.82) is 0 Å². The summed E-state index contributed by atoms with van der Waals surface area (Å²) < 4.78 is 27.4. The maximum atomic E-state index is 12.5. The van der Waals surface area contributed by atoms with Gasteiger partial charge in [0, 0.05) is 23.2 Å². The minimum Gasteiger partial charge on any atom is -0.323 e. The number of nitrogens with zero attached hydrogens (tertiary/aromatic N) is 2. The molecule has 0 aliphatic carbocycles. The number of amides is 1. The van der Waals surface area contributed by atoms with Crippen molar-refractivity contribution in [3.05, 3.63) is 83.7 Å². The van der Waals surface area contributed by atoms with Crippen LogP contribution in [0.15, 0.2) is 71.6 Å². The van der Waals surface area contributed by atoms with Gasteiger partial charge in [-0.05, 0) is 55.8 Å². The Balaban J connectivity index is 1.67. The number of hydrogen-bond donors (Lipinski definition) is 2. The van der Waals surface area contributed by atoms with Crippen molar-refractivity contribution in [2.45, 2.75) is 18.7 Å². The van der Waals surface area contributed by atoms with Gasteiger partial charge in [-0.1, -0.05) is 30.3 Å². The van der Waals surface area contributed by atoms with E-state index in [-0.39, 0.29) is 16.8 Å². The third kappa shape index (κ3) is 5.73. The molecular formula is C21H20N4O3S. The summed E-state index contributed by atoms with van der Waals surface area (Å²) in [5.41, 5.74) is 2.71. The van der Waals surface area contributed by atoms with Crippen LogP contribution in [0, 0.1) is 13.8 Å². The van der Waals surface area contributed by atoms with E-state index in [0.717, 1.165) is 5.56 Å². The monoisotopic (exact) mass is 408 g/mol. The summed E-state index contributed by atoms with van der Waals surface area (Å²) in [6, 6.07) is 17.0. The zero-order valence-electron chi connectivity index (χ0n) is 16.0. The van der Waals surface area contributed by atoms with E-state index >= 15 is 0 Å². The van der Waals surface area contributed by atoms with E-state index in [4.69, 9.17) is 0 Å². The highest BCUT2D eigenvalue weighted by molar-refractivity contribution is 7.92. The molecule has 2 aromatic carbocycles. The summed E-state index contributed by atoms with van der Waals surface area (Å²) in [6.45, 7) is 3.52. The standard InChI is InChI=1S/C21H20N4O3S/c1-15-14-16(2)23-21(22-15)25-29(27,28)19-11-9-18(10-12-19)24-20(26)13-8-17-6-4-3-5-7-17/h3-14H,1-2H3,(H,24,26)(H,22,23,25)/b13-8-. The van der Waals surface area contributed by atoms with Gasteiger partial charge < -0.3 is 5.32 Å². The van der Waals surface area contributed by atoms with Crippen LogP contribution in [0.5, 0.6) is 0 Å². The molecule has 3 rings (SSSR count). The molecule has 8 heteroatoms. The van der Waals surface area contributed by atoms with Gasteiger partial charge in [-0.25, -0.2) is 23.1 Å². The highest BCUT2D eigenvalue weighted by Gasteiger charge is 2.16. The molecule has 7 nitrogen and oxygen atoms in total. The Labute approximate surface area is 169 Å². The lowest BCUT2D eigenvalue weighted by Gasteiger charge is -2.09. The van der Waals surface area contributed by atoms with Crippen LogP contribution >= 0.6 is 0 Å². The molecule has 3 aromatic rings. The highest BCUT2D eigenvalue weighted by atomic mass is 32.2. The van der Waals surface area contributed by atoms with Crippen molar-refractivity contribution in [3.63, 3.8) is 0 Å². The number of carbonyl (C=O) groups is 1. The third-order valence-electron chi connectivity index (χ3n) is 3.87. The quantitative estimate of drug-likeness (QED) is 0.608. The van der Waals surface area contributed by atoms with E-state index < -0.39 is 10.0 Å². The van der Waals surface area contributed by atoms with Gasteiger partial charge in [0.05, 0.1) is 4.90 Å². The van der Waals surface area contributed by atoms with Crippen molar-refractivity contribution in [1.82, 2.24) is 9.97 Å². The first-order chi connectivity index (χ1) is 13.8. The second-order valence-corrected chi connectivity index (χ2v) is 8.02. The Morgan fingerprint density at radius 1 is 0.931 bits per heavy atom. The van der Waals surface area contributed by atoms with Crippen LogP contribution in [0.25, 0.3) is 6.08 Å². The SMILES string of the molecule is Cc1cc(C)nc(NS(=O)(=O)c2ccc(NC(=O)/C=C\c3ccccc3)cc2)n1. The Bertz CT molecular complexity index is 1120. The average Bonchev–Trinajstić information content (AvgIpc) is 2.66. The van der Waals surface area contributed by atoms with E-state index in [9.17, 15) is 13.2 Å². The second kappa shape index (κ2) is 8.66. The van der Waals surface area contributed by atoms with Crippen LogP contribution in [0.4, 0.5) is 11.6 Å². The Morgan fingerprint density at radius 2 is 1.55 bits per heavy atom. The predicted molar refractivity (Wildman–Crippen MR) is 113 cm³/mol. The molecule has 0 spiro atoms. The van der Waals surface area contributed by atoms with Gasteiger partial charge in [0.2, 0.25) is 11.9 Å². The predicted octanol–water partition coefficient (Wildman–Crippen LogP) is 3.55.